The van der Waals surface area contributed by atoms with Crippen LogP contribution < -0.4 is 4.72 Å². The van der Waals surface area contributed by atoms with Gasteiger partial charge in [-0.3, -0.25) is 9.69 Å². The molecule has 2 fully saturated rings. The molecule has 0 radical (unpaired) electrons. The van der Waals surface area contributed by atoms with Crippen LogP contribution in [-0.2, 0) is 14.8 Å². The number of sulfonamides is 1. The Morgan fingerprint density at radius 1 is 1.42 bits per heavy atom. The predicted molar refractivity (Wildman–Crippen MR) is 68.6 cm³/mol. The Morgan fingerprint density at radius 2 is 2.11 bits per heavy atom. The van der Waals surface area contributed by atoms with Crippen molar-refractivity contribution in [2.75, 3.05) is 32.4 Å². The Balaban J connectivity index is 1.96. The summed E-state index contributed by atoms with van der Waals surface area (Å²) >= 11 is 0. The molecule has 0 aromatic rings. The standard InChI is InChI=1S/C11H18N4O3S/c1-13-19(17,18)8-11(16)14-4-5-15(9-2-3-9)10(6-12)7-14/h9-10,13H,2-5,7-8H2,1H3. The van der Waals surface area contributed by atoms with Crippen LogP contribution in [-0.4, -0.2) is 68.6 Å². The second kappa shape index (κ2) is 5.45. The number of carbonyl (C=O) groups excluding carboxylic acids is 1. The van der Waals surface area contributed by atoms with Crippen molar-refractivity contribution < 1.29 is 13.2 Å². The van der Waals surface area contributed by atoms with E-state index in [9.17, 15) is 13.2 Å². The molecule has 1 saturated carbocycles. The van der Waals surface area contributed by atoms with Crippen LogP contribution >= 0.6 is 0 Å². The van der Waals surface area contributed by atoms with Crippen LogP contribution in [0.1, 0.15) is 12.8 Å². The molecule has 1 aliphatic heterocycles. The molecule has 2 rings (SSSR count). The predicted octanol–water partition coefficient (Wildman–Crippen LogP) is -1.27. The second-order valence-corrected chi connectivity index (χ2v) is 6.84. The first-order valence-corrected chi connectivity index (χ1v) is 7.96. The van der Waals surface area contributed by atoms with Crippen molar-refractivity contribution in [1.82, 2.24) is 14.5 Å². The first kappa shape index (κ1) is 14.2. The summed E-state index contributed by atoms with van der Waals surface area (Å²) in [6, 6.07) is 2.36. The Kier molecular flexibility index (Phi) is 4.08. The van der Waals surface area contributed by atoms with Gasteiger partial charge in [0.2, 0.25) is 15.9 Å². The average Bonchev–Trinajstić information content (AvgIpc) is 3.21. The Bertz CT molecular complexity index is 495. The Morgan fingerprint density at radius 3 is 2.63 bits per heavy atom. The normalized spacial score (nSPS) is 25.1. The summed E-state index contributed by atoms with van der Waals surface area (Å²) in [4.78, 5) is 15.5. The van der Waals surface area contributed by atoms with Gasteiger partial charge in [0.25, 0.3) is 0 Å². The van der Waals surface area contributed by atoms with Crippen LogP contribution in [0.5, 0.6) is 0 Å². The minimum Gasteiger partial charge on any atom is -0.338 e. The van der Waals surface area contributed by atoms with E-state index in [1.54, 1.807) is 0 Å². The number of amides is 1. The van der Waals surface area contributed by atoms with Gasteiger partial charge in [0.05, 0.1) is 6.07 Å². The molecule has 1 N–H and O–H groups in total. The van der Waals surface area contributed by atoms with Crippen LogP contribution in [0.2, 0.25) is 0 Å². The van der Waals surface area contributed by atoms with Crippen molar-refractivity contribution in [3.05, 3.63) is 0 Å². The Hall–Kier alpha value is -1.17. The molecule has 0 bridgehead atoms. The first-order valence-electron chi connectivity index (χ1n) is 6.31. The molecule has 0 spiro atoms. The van der Waals surface area contributed by atoms with Crippen LogP contribution in [0.15, 0.2) is 0 Å². The molecule has 2 aliphatic rings. The summed E-state index contributed by atoms with van der Waals surface area (Å²) in [5, 5.41) is 9.16. The topological polar surface area (TPSA) is 93.5 Å². The van der Waals surface area contributed by atoms with Crippen molar-refractivity contribution in [3.8, 4) is 6.07 Å². The van der Waals surface area contributed by atoms with E-state index in [-0.39, 0.29) is 6.04 Å². The minimum atomic E-state index is -3.55. The van der Waals surface area contributed by atoms with Gasteiger partial charge in [0.1, 0.15) is 11.8 Å². The number of carbonyl (C=O) groups is 1. The van der Waals surface area contributed by atoms with Gasteiger partial charge < -0.3 is 4.90 Å². The quantitative estimate of drug-likeness (QED) is 0.696. The lowest BCUT2D eigenvalue weighted by atomic mass is 10.2. The van der Waals surface area contributed by atoms with Gasteiger partial charge >= 0.3 is 0 Å². The molecule has 7 nitrogen and oxygen atoms in total. The highest BCUT2D eigenvalue weighted by atomic mass is 32.2. The number of hydrogen-bond donors (Lipinski definition) is 1. The molecule has 1 saturated heterocycles. The third-order valence-corrected chi connectivity index (χ3v) is 4.81. The van der Waals surface area contributed by atoms with Gasteiger partial charge in [-0.1, -0.05) is 0 Å². The first-order chi connectivity index (χ1) is 8.96. The summed E-state index contributed by atoms with van der Waals surface area (Å²) < 4.78 is 24.8. The molecule has 1 aliphatic carbocycles. The van der Waals surface area contributed by atoms with Crippen molar-refractivity contribution in [3.63, 3.8) is 0 Å². The SMILES string of the molecule is CNS(=O)(=O)CC(=O)N1CCN(C2CC2)C(C#N)C1. The van der Waals surface area contributed by atoms with Gasteiger partial charge in [-0.15, -0.1) is 0 Å². The minimum absolute atomic E-state index is 0.297. The average molecular weight is 286 g/mol. The Labute approximate surface area is 113 Å². The van der Waals surface area contributed by atoms with Crippen molar-refractivity contribution in [2.45, 2.75) is 24.9 Å². The third kappa shape index (κ3) is 3.43. The molecule has 1 heterocycles. The maximum Gasteiger partial charge on any atom is 0.239 e. The summed E-state index contributed by atoms with van der Waals surface area (Å²) in [7, 11) is -2.26. The van der Waals surface area contributed by atoms with E-state index in [0.717, 1.165) is 12.8 Å². The molecule has 1 unspecified atom stereocenters. The maximum absolute atomic E-state index is 11.9. The molecule has 1 atom stereocenters. The van der Waals surface area contributed by atoms with Crippen LogP contribution in [0.25, 0.3) is 0 Å². The molecular formula is C11H18N4O3S. The maximum atomic E-state index is 11.9. The monoisotopic (exact) mass is 286 g/mol. The molecular weight excluding hydrogens is 268 g/mol. The van der Waals surface area contributed by atoms with E-state index in [2.05, 4.69) is 15.7 Å². The fraction of sp³-hybridized carbons (Fsp3) is 0.818. The van der Waals surface area contributed by atoms with E-state index >= 15 is 0 Å². The summed E-state index contributed by atoms with van der Waals surface area (Å²) in [6.45, 7) is 1.44. The number of nitriles is 1. The lowest BCUT2D eigenvalue weighted by molar-refractivity contribution is -0.131. The highest BCUT2D eigenvalue weighted by molar-refractivity contribution is 7.90. The van der Waals surface area contributed by atoms with Gasteiger partial charge in [-0.25, -0.2) is 13.1 Å². The van der Waals surface area contributed by atoms with Gasteiger partial charge in [0, 0.05) is 25.7 Å². The molecule has 8 heteroatoms. The zero-order valence-electron chi connectivity index (χ0n) is 10.9. The van der Waals surface area contributed by atoms with E-state index in [0.29, 0.717) is 25.7 Å². The number of rotatable bonds is 4. The third-order valence-electron chi connectivity index (χ3n) is 3.56. The van der Waals surface area contributed by atoms with Crippen molar-refractivity contribution in [1.29, 1.82) is 5.26 Å². The van der Waals surface area contributed by atoms with Crippen LogP contribution in [0.4, 0.5) is 0 Å². The van der Waals surface area contributed by atoms with E-state index in [4.69, 9.17) is 5.26 Å². The highest BCUT2D eigenvalue weighted by Crippen LogP contribution is 2.30. The summed E-state index contributed by atoms with van der Waals surface area (Å²) in [5.41, 5.74) is 0. The van der Waals surface area contributed by atoms with Crippen molar-refractivity contribution in [2.24, 2.45) is 0 Å². The number of hydrogen-bond acceptors (Lipinski definition) is 5. The van der Waals surface area contributed by atoms with Gasteiger partial charge in [0.15, 0.2) is 0 Å². The molecule has 19 heavy (non-hydrogen) atoms. The largest absolute Gasteiger partial charge is 0.338 e. The fourth-order valence-corrected chi connectivity index (χ4v) is 2.96. The fourth-order valence-electron chi connectivity index (χ4n) is 2.31. The zero-order chi connectivity index (χ0) is 14.0. The highest BCUT2D eigenvalue weighted by Gasteiger charge is 2.38. The lowest BCUT2D eigenvalue weighted by Crippen LogP contribution is -2.56. The molecule has 0 aromatic heterocycles. The zero-order valence-corrected chi connectivity index (χ0v) is 11.7. The molecule has 0 aromatic carbocycles. The van der Waals surface area contributed by atoms with E-state index in [1.807, 2.05) is 0 Å². The van der Waals surface area contributed by atoms with E-state index < -0.39 is 21.7 Å². The summed E-state index contributed by atoms with van der Waals surface area (Å²) in [6.07, 6.45) is 2.22. The number of piperazine rings is 1. The number of nitrogens with one attached hydrogen (secondary N) is 1. The van der Waals surface area contributed by atoms with Crippen LogP contribution in [0.3, 0.4) is 0 Å². The second-order valence-electron chi connectivity index (χ2n) is 4.92. The smallest absolute Gasteiger partial charge is 0.239 e. The molecule has 1 amide bonds. The van der Waals surface area contributed by atoms with Crippen LogP contribution in [0, 0.1) is 11.3 Å². The van der Waals surface area contributed by atoms with Gasteiger partial charge in [-0.2, -0.15) is 5.26 Å². The van der Waals surface area contributed by atoms with E-state index in [1.165, 1.54) is 11.9 Å². The molecule has 106 valence electrons. The van der Waals surface area contributed by atoms with Crippen molar-refractivity contribution >= 4 is 15.9 Å². The lowest BCUT2D eigenvalue weighted by Gasteiger charge is -2.38. The summed E-state index contributed by atoms with van der Waals surface area (Å²) in [5.74, 6) is -0.990. The van der Waals surface area contributed by atoms with Gasteiger partial charge in [-0.05, 0) is 19.9 Å². The number of nitrogens with zero attached hydrogens (tertiary/aromatic N) is 3.